The number of rotatable bonds is 8. The number of benzene rings is 2. The first-order valence-corrected chi connectivity index (χ1v) is 9.67. The lowest BCUT2D eigenvalue weighted by Gasteiger charge is -2.06. The number of carbonyl (C=O) groups is 1. The van der Waals surface area contributed by atoms with Gasteiger partial charge in [0.05, 0.1) is 29.9 Å². The molecule has 0 unspecified atom stereocenters. The van der Waals surface area contributed by atoms with E-state index in [4.69, 9.17) is 4.74 Å². The van der Waals surface area contributed by atoms with Crippen molar-refractivity contribution in [3.63, 3.8) is 0 Å². The molecular formula is C20H18N4O4S. The van der Waals surface area contributed by atoms with E-state index in [1.807, 2.05) is 30.3 Å². The predicted octanol–water partition coefficient (Wildman–Crippen LogP) is 4.27. The fraction of sp³-hybridized carbons (Fsp3) is 0.150. The quantitative estimate of drug-likeness (QED) is 0.257. The zero-order valence-corrected chi connectivity index (χ0v) is 16.4. The molecule has 2 aromatic carbocycles. The van der Waals surface area contributed by atoms with Crippen molar-refractivity contribution in [3.05, 3.63) is 75.3 Å². The van der Waals surface area contributed by atoms with Crippen LogP contribution in [0.4, 0.5) is 10.8 Å². The summed E-state index contributed by atoms with van der Waals surface area (Å²) in [7, 11) is 0. The Balaban J connectivity index is 1.72. The van der Waals surface area contributed by atoms with Crippen LogP contribution in [0.1, 0.15) is 18.2 Å². The van der Waals surface area contributed by atoms with E-state index < -0.39 is 4.92 Å². The van der Waals surface area contributed by atoms with Crippen molar-refractivity contribution < 1.29 is 14.5 Å². The normalized spacial score (nSPS) is 10.8. The van der Waals surface area contributed by atoms with E-state index in [1.54, 1.807) is 24.6 Å². The van der Waals surface area contributed by atoms with Crippen molar-refractivity contribution >= 4 is 34.3 Å². The first kappa shape index (κ1) is 20.2. The second-order valence-electron chi connectivity index (χ2n) is 5.89. The number of carbonyl (C=O) groups excluding carboxylic acids is 1. The van der Waals surface area contributed by atoms with Gasteiger partial charge in [0.25, 0.3) is 5.69 Å². The Kier molecular flexibility index (Phi) is 6.64. The maximum absolute atomic E-state index is 11.5. The summed E-state index contributed by atoms with van der Waals surface area (Å²) in [5.41, 5.74) is 5.84. The summed E-state index contributed by atoms with van der Waals surface area (Å²) >= 11 is 1.33. The van der Waals surface area contributed by atoms with Crippen LogP contribution in [0.3, 0.4) is 0 Å². The molecule has 1 aromatic heterocycles. The van der Waals surface area contributed by atoms with E-state index in [0.29, 0.717) is 17.4 Å². The smallest absolute Gasteiger partial charge is 0.311 e. The molecule has 0 bridgehead atoms. The van der Waals surface area contributed by atoms with Gasteiger partial charge in [0, 0.05) is 23.1 Å². The second kappa shape index (κ2) is 9.56. The Morgan fingerprint density at radius 1 is 1.31 bits per heavy atom. The van der Waals surface area contributed by atoms with Crippen LogP contribution >= 0.6 is 11.3 Å². The highest BCUT2D eigenvalue weighted by molar-refractivity contribution is 7.13. The molecule has 9 heteroatoms. The van der Waals surface area contributed by atoms with Crippen LogP contribution < -0.4 is 5.43 Å². The fourth-order valence-electron chi connectivity index (χ4n) is 2.62. The number of nitrogens with zero attached hydrogens (tertiary/aromatic N) is 3. The van der Waals surface area contributed by atoms with E-state index in [0.717, 1.165) is 16.7 Å². The maximum Gasteiger partial charge on any atom is 0.311 e. The number of nitro groups is 1. The lowest BCUT2D eigenvalue weighted by Crippen LogP contribution is -2.07. The van der Waals surface area contributed by atoms with Crippen molar-refractivity contribution in [1.29, 1.82) is 0 Å². The van der Waals surface area contributed by atoms with E-state index in [-0.39, 0.29) is 18.1 Å². The van der Waals surface area contributed by atoms with Crippen LogP contribution in [-0.4, -0.2) is 28.7 Å². The van der Waals surface area contributed by atoms with Gasteiger partial charge in [-0.1, -0.05) is 36.4 Å². The van der Waals surface area contributed by atoms with Gasteiger partial charge >= 0.3 is 5.97 Å². The molecule has 0 fully saturated rings. The van der Waals surface area contributed by atoms with E-state index in [9.17, 15) is 14.9 Å². The lowest BCUT2D eigenvalue weighted by molar-refractivity contribution is -0.384. The van der Waals surface area contributed by atoms with Crippen molar-refractivity contribution in [2.45, 2.75) is 13.3 Å². The average molecular weight is 410 g/mol. The molecule has 0 radical (unpaired) electrons. The van der Waals surface area contributed by atoms with Crippen molar-refractivity contribution in [1.82, 2.24) is 4.98 Å². The number of non-ortho nitro benzene ring substituents is 1. The number of ether oxygens (including phenoxy) is 1. The highest BCUT2D eigenvalue weighted by Crippen LogP contribution is 2.26. The van der Waals surface area contributed by atoms with Gasteiger partial charge in [0.1, 0.15) is 0 Å². The van der Waals surface area contributed by atoms with E-state index >= 15 is 0 Å². The third-order valence-electron chi connectivity index (χ3n) is 3.88. The molecule has 1 N–H and O–H groups in total. The number of hydrogen-bond donors (Lipinski definition) is 1. The van der Waals surface area contributed by atoms with Crippen molar-refractivity contribution in [2.75, 3.05) is 12.0 Å². The maximum atomic E-state index is 11.5. The average Bonchev–Trinajstić information content (AvgIpc) is 3.15. The van der Waals surface area contributed by atoms with Gasteiger partial charge < -0.3 is 4.74 Å². The Bertz CT molecular complexity index is 1050. The molecule has 8 nitrogen and oxygen atoms in total. The number of aromatic nitrogens is 1. The number of esters is 1. The van der Waals surface area contributed by atoms with Gasteiger partial charge in [-0.15, -0.1) is 11.3 Å². The standard InChI is InChI=1S/C20H18N4O4S/c1-2-28-19(25)11-16-13-29-20(22-16)23-21-12-15-6-3-4-9-18(15)14-7-5-8-17(10-14)24(26)27/h3-10,12-13H,2,11H2,1H3,(H,22,23). The number of hydrazone groups is 1. The summed E-state index contributed by atoms with van der Waals surface area (Å²) in [6.45, 7) is 2.09. The Morgan fingerprint density at radius 2 is 2.14 bits per heavy atom. The van der Waals surface area contributed by atoms with Gasteiger partial charge in [-0.05, 0) is 18.1 Å². The zero-order chi connectivity index (χ0) is 20.6. The molecule has 29 heavy (non-hydrogen) atoms. The molecule has 0 spiro atoms. The summed E-state index contributed by atoms with van der Waals surface area (Å²) < 4.78 is 4.91. The monoisotopic (exact) mass is 410 g/mol. The van der Waals surface area contributed by atoms with Crippen molar-refractivity contribution in [3.8, 4) is 11.1 Å². The molecule has 0 saturated heterocycles. The number of nitro benzene ring substituents is 1. The summed E-state index contributed by atoms with van der Waals surface area (Å²) in [6, 6.07) is 13.9. The van der Waals surface area contributed by atoms with Crippen LogP contribution in [-0.2, 0) is 16.0 Å². The van der Waals surface area contributed by atoms with E-state index in [1.165, 1.54) is 23.5 Å². The summed E-state index contributed by atoms with van der Waals surface area (Å²) in [5.74, 6) is -0.321. The number of hydrogen-bond acceptors (Lipinski definition) is 8. The number of nitrogens with one attached hydrogen (secondary N) is 1. The van der Waals surface area contributed by atoms with E-state index in [2.05, 4.69) is 15.5 Å². The molecule has 3 rings (SSSR count). The van der Waals surface area contributed by atoms with Gasteiger partial charge in [-0.2, -0.15) is 5.10 Å². The molecule has 3 aromatic rings. The van der Waals surface area contributed by atoms with Crippen LogP contribution in [0.15, 0.2) is 59.0 Å². The summed E-state index contributed by atoms with van der Waals surface area (Å²) in [5, 5.41) is 17.6. The molecule has 0 atom stereocenters. The summed E-state index contributed by atoms with van der Waals surface area (Å²) in [6.07, 6.45) is 1.74. The third kappa shape index (κ3) is 5.45. The highest BCUT2D eigenvalue weighted by atomic mass is 32.1. The summed E-state index contributed by atoms with van der Waals surface area (Å²) in [4.78, 5) is 26.4. The van der Waals surface area contributed by atoms with Gasteiger partial charge in [-0.3, -0.25) is 20.3 Å². The fourth-order valence-corrected chi connectivity index (χ4v) is 3.28. The molecule has 148 valence electrons. The molecule has 0 aliphatic rings. The molecular weight excluding hydrogens is 392 g/mol. The molecule has 0 saturated carbocycles. The Hall–Kier alpha value is -3.59. The van der Waals surface area contributed by atoms with Gasteiger partial charge in [0.2, 0.25) is 5.13 Å². The minimum absolute atomic E-state index is 0.0317. The van der Waals surface area contributed by atoms with Crippen LogP contribution in [0.25, 0.3) is 11.1 Å². The number of anilines is 1. The minimum Gasteiger partial charge on any atom is -0.466 e. The first-order valence-electron chi connectivity index (χ1n) is 8.79. The second-order valence-corrected chi connectivity index (χ2v) is 6.75. The largest absolute Gasteiger partial charge is 0.466 e. The van der Waals surface area contributed by atoms with Gasteiger partial charge in [-0.25, -0.2) is 4.98 Å². The van der Waals surface area contributed by atoms with Gasteiger partial charge in [0.15, 0.2) is 0 Å². The number of thiazole rings is 1. The molecule has 1 heterocycles. The highest BCUT2D eigenvalue weighted by Gasteiger charge is 2.10. The zero-order valence-electron chi connectivity index (χ0n) is 15.6. The predicted molar refractivity (Wildman–Crippen MR) is 112 cm³/mol. The SMILES string of the molecule is CCOC(=O)Cc1csc(NN=Cc2ccccc2-c2cccc([N+](=O)[O-])c2)n1. The topological polar surface area (TPSA) is 107 Å². The molecule has 0 aliphatic heterocycles. The molecule has 0 aliphatic carbocycles. The third-order valence-corrected chi connectivity index (χ3v) is 4.67. The molecule has 0 amide bonds. The Labute approximate surface area is 171 Å². The Morgan fingerprint density at radius 3 is 2.93 bits per heavy atom. The van der Waals surface area contributed by atoms with Crippen LogP contribution in [0.2, 0.25) is 0 Å². The van der Waals surface area contributed by atoms with Crippen molar-refractivity contribution in [2.24, 2.45) is 5.10 Å². The minimum atomic E-state index is -0.419. The van der Waals surface area contributed by atoms with Crippen LogP contribution in [0, 0.1) is 10.1 Å². The lowest BCUT2D eigenvalue weighted by atomic mass is 10.00. The first-order chi connectivity index (χ1) is 14.1. The van der Waals surface area contributed by atoms with Crippen LogP contribution in [0.5, 0.6) is 0 Å².